The average molecular weight is 216 g/mol. The second-order valence-corrected chi connectivity index (χ2v) is 5.27. The Labute approximate surface area is 96.3 Å². The molecule has 0 aliphatic heterocycles. The van der Waals surface area contributed by atoms with Gasteiger partial charge in [-0.15, -0.1) is 0 Å². The Hall–Kier alpha value is -1.54. The van der Waals surface area contributed by atoms with Crippen LogP contribution in [-0.2, 0) is 6.54 Å². The van der Waals surface area contributed by atoms with Crippen molar-refractivity contribution in [2.24, 2.45) is 0 Å². The summed E-state index contributed by atoms with van der Waals surface area (Å²) >= 11 is 0. The van der Waals surface area contributed by atoms with Gasteiger partial charge in [-0.05, 0) is 22.9 Å². The molecule has 2 aromatic rings. The number of hydrogen-bond donors (Lipinski definition) is 1. The maximum absolute atomic E-state index is 9.45. The van der Waals surface area contributed by atoms with E-state index in [1.54, 1.807) is 6.07 Å². The van der Waals surface area contributed by atoms with Crippen LogP contribution in [-0.4, -0.2) is 30.7 Å². The maximum atomic E-state index is 9.45. The number of aromatic hydroxyl groups is 1. The standard InChI is InChI=1S/C14H17NO/c1-15(2,3)10-12-6-4-5-11-9-13(16)7-8-14(11)12/h4-9H,10H2,1-3H3/p+1. The molecule has 0 atom stereocenters. The lowest BCUT2D eigenvalue weighted by Crippen LogP contribution is -2.33. The predicted octanol–water partition coefficient (Wildman–Crippen LogP) is 2.75. The zero-order valence-corrected chi connectivity index (χ0v) is 10.1. The van der Waals surface area contributed by atoms with Gasteiger partial charge >= 0.3 is 0 Å². The van der Waals surface area contributed by atoms with Gasteiger partial charge in [0.1, 0.15) is 12.3 Å². The first-order valence-corrected chi connectivity index (χ1v) is 5.47. The van der Waals surface area contributed by atoms with Crippen LogP contribution >= 0.6 is 0 Å². The van der Waals surface area contributed by atoms with Gasteiger partial charge in [0.2, 0.25) is 0 Å². The number of benzene rings is 2. The van der Waals surface area contributed by atoms with E-state index >= 15 is 0 Å². The third kappa shape index (κ3) is 2.34. The molecule has 0 aliphatic carbocycles. The number of fused-ring (bicyclic) bond motifs is 1. The van der Waals surface area contributed by atoms with Crippen molar-refractivity contribution in [3.8, 4) is 5.75 Å². The minimum atomic E-state index is 0.329. The molecule has 0 aliphatic rings. The van der Waals surface area contributed by atoms with Crippen molar-refractivity contribution in [2.75, 3.05) is 21.1 Å². The van der Waals surface area contributed by atoms with E-state index in [9.17, 15) is 5.11 Å². The summed E-state index contributed by atoms with van der Waals surface area (Å²) in [6.45, 7) is 0.988. The molecule has 2 rings (SSSR count). The van der Waals surface area contributed by atoms with Crippen molar-refractivity contribution < 1.29 is 9.59 Å². The summed E-state index contributed by atoms with van der Waals surface area (Å²) in [4.78, 5) is 0. The number of phenolic OH excluding ortho intramolecular Hbond substituents is 1. The topological polar surface area (TPSA) is 20.2 Å². The SMILES string of the molecule is C[N+](C)(C)Cc1cccc2cc(O)ccc12. The van der Waals surface area contributed by atoms with Crippen molar-refractivity contribution in [3.63, 3.8) is 0 Å². The quantitative estimate of drug-likeness (QED) is 0.765. The van der Waals surface area contributed by atoms with E-state index in [1.165, 1.54) is 10.9 Å². The molecule has 0 saturated carbocycles. The molecule has 0 spiro atoms. The highest BCUT2D eigenvalue weighted by Crippen LogP contribution is 2.24. The van der Waals surface area contributed by atoms with E-state index in [2.05, 4.69) is 27.2 Å². The lowest BCUT2D eigenvalue weighted by Gasteiger charge is -2.24. The van der Waals surface area contributed by atoms with Crippen molar-refractivity contribution in [1.82, 2.24) is 0 Å². The molecule has 2 heteroatoms. The largest absolute Gasteiger partial charge is 0.508 e. The van der Waals surface area contributed by atoms with Crippen LogP contribution in [0.3, 0.4) is 0 Å². The van der Waals surface area contributed by atoms with E-state index in [4.69, 9.17) is 0 Å². The second-order valence-electron chi connectivity index (χ2n) is 5.27. The molecule has 0 radical (unpaired) electrons. The fraction of sp³-hybridized carbons (Fsp3) is 0.286. The predicted molar refractivity (Wildman–Crippen MR) is 67.3 cm³/mol. The fourth-order valence-corrected chi connectivity index (χ4v) is 1.99. The summed E-state index contributed by atoms with van der Waals surface area (Å²) in [5.41, 5.74) is 1.32. The molecule has 0 saturated heterocycles. The molecule has 0 bridgehead atoms. The summed E-state index contributed by atoms with van der Waals surface area (Å²) in [6, 6.07) is 11.8. The van der Waals surface area contributed by atoms with Crippen LogP contribution < -0.4 is 0 Å². The van der Waals surface area contributed by atoms with Crippen LogP contribution in [0.1, 0.15) is 5.56 Å². The Kier molecular flexibility index (Phi) is 2.60. The normalized spacial score (nSPS) is 11.9. The van der Waals surface area contributed by atoms with E-state index in [-0.39, 0.29) is 0 Å². The molecule has 84 valence electrons. The first kappa shape index (κ1) is 11.0. The molecular weight excluding hydrogens is 198 g/mol. The number of rotatable bonds is 2. The molecule has 0 heterocycles. The fourth-order valence-electron chi connectivity index (χ4n) is 1.99. The van der Waals surface area contributed by atoms with E-state index < -0.39 is 0 Å². The molecule has 0 unspecified atom stereocenters. The van der Waals surface area contributed by atoms with Crippen LogP contribution in [0.2, 0.25) is 0 Å². The second kappa shape index (κ2) is 3.80. The van der Waals surface area contributed by atoms with Gasteiger partial charge in [0, 0.05) is 5.56 Å². The highest BCUT2D eigenvalue weighted by atomic mass is 16.3. The molecule has 2 aromatic carbocycles. The van der Waals surface area contributed by atoms with E-state index in [0.29, 0.717) is 5.75 Å². The zero-order chi connectivity index (χ0) is 11.8. The summed E-state index contributed by atoms with van der Waals surface area (Å²) in [5.74, 6) is 0.329. The Morgan fingerprint density at radius 1 is 1.06 bits per heavy atom. The van der Waals surface area contributed by atoms with Gasteiger partial charge in [0.15, 0.2) is 0 Å². The van der Waals surface area contributed by atoms with Crippen LogP contribution in [0.5, 0.6) is 5.75 Å². The molecule has 0 amide bonds. The molecule has 2 nitrogen and oxygen atoms in total. The van der Waals surface area contributed by atoms with Gasteiger partial charge < -0.3 is 9.59 Å². The van der Waals surface area contributed by atoms with Gasteiger partial charge in [0.05, 0.1) is 21.1 Å². The van der Waals surface area contributed by atoms with Crippen LogP contribution in [0.4, 0.5) is 0 Å². The number of nitrogens with zero attached hydrogens (tertiary/aromatic N) is 1. The average Bonchev–Trinajstić information content (AvgIpc) is 2.15. The highest BCUT2D eigenvalue weighted by Gasteiger charge is 2.11. The molecule has 0 aromatic heterocycles. The first-order chi connectivity index (χ1) is 7.46. The molecule has 16 heavy (non-hydrogen) atoms. The Morgan fingerprint density at radius 2 is 1.81 bits per heavy atom. The van der Waals surface area contributed by atoms with Crippen molar-refractivity contribution in [1.29, 1.82) is 0 Å². The first-order valence-electron chi connectivity index (χ1n) is 5.47. The number of quaternary nitrogens is 1. The smallest absolute Gasteiger partial charge is 0.116 e. The number of hydrogen-bond acceptors (Lipinski definition) is 1. The van der Waals surface area contributed by atoms with Crippen LogP contribution in [0.15, 0.2) is 36.4 Å². The summed E-state index contributed by atoms with van der Waals surface area (Å²) < 4.78 is 0.903. The monoisotopic (exact) mass is 216 g/mol. The Bertz CT molecular complexity index is 512. The maximum Gasteiger partial charge on any atom is 0.116 e. The highest BCUT2D eigenvalue weighted by molar-refractivity contribution is 5.86. The lowest BCUT2D eigenvalue weighted by atomic mass is 10.0. The van der Waals surface area contributed by atoms with Gasteiger partial charge in [0.25, 0.3) is 0 Å². The molecule has 1 N–H and O–H groups in total. The Morgan fingerprint density at radius 3 is 2.50 bits per heavy atom. The van der Waals surface area contributed by atoms with Crippen molar-refractivity contribution in [2.45, 2.75) is 6.54 Å². The van der Waals surface area contributed by atoms with E-state index in [1.807, 2.05) is 24.3 Å². The Balaban J connectivity index is 2.54. The summed E-state index contributed by atoms with van der Waals surface area (Å²) in [7, 11) is 6.54. The van der Waals surface area contributed by atoms with Crippen LogP contribution in [0, 0.1) is 0 Å². The van der Waals surface area contributed by atoms with E-state index in [0.717, 1.165) is 16.4 Å². The van der Waals surface area contributed by atoms with Crippen molar-refractivity contribution >= 4 is 10.8 Å². The minimum absolute atomic E-state index is 0.329. The van der Waals surface area contributed by atoms with Gasteiger partial charge in [-0.3, -0.25) is 0 Å². The minimum Gasteiger partial charge on any atom is -0.508 e. The van der Waals surface area contributed by atoms with Gasteiger partial charge in [-0.2, -0.15) is 0 Å². The van der Waals surface area contributed by atoms with Gasteiger partial charge in [-0.25, -0.2) is 0 Å². The lowest BCUT2D eigenvalue weighted by molar-refractivity contribution is -0.883. The van der Waals surface area contributed by atoms with Gasteiger partial charge in [-0.1, -0.05) is 24.3 Å². The third-order valence-corrected chi connectivity index (χ3v) is 2.60. The van der Waals surface area contributed by atoms with Crippen molar-refractivity contribution in [3.05, 3.63) is 42.0 Å². The van der Waals surface area contributed by atoms with Crippen LogP contribution in [0.25, 0.3) is 10.8 Å². The summed E-state index contributed by atoms with van der Waals surface area (Å²) in [6.07, 6.45) is 0. The summed E-state index contributed by atoms with van der Waals surface area (Å²) in [5, 5.41) is 11.8. The number of phenols is 1. The third-order valence-electron chi connectivity index (χ3n) is 2.60. The molecule has 0 fully saturated rings. The molecular formula is C14H18NO+. The zero-order valence-electron chi connectivity index (χ0n) is 10.1.